The van der Waals surface area contributed by atoms with Crippen LogP contribution >= 0.6 is 12.4 Å². The number of rotatable bonds is 10. The van der Waals surface area contributed by atoms with E-state index in [0.717, 1.165) is 22.5 Å². The number of hydrogen-bond acceptors (Lipinski definition) is 4. The second-order valence-electron chi connectivity index (χ2n) is 5.70. The van der Waals surface area contributed by atoms with E-state index in [-0.39, 0.29) is 18.3 Å². The molecule has 0 aliphatic rings. The van der Waals surface area contributed by atoms with E-state index in [4.69, 9.17) is 15.2 Å². The van der Waals surface area contributed by atoms with Crippen LogP contribution in [0.2, 0.25) is 0 Å². The van der Waals surface area contributed by atoms with Gasteiger partial charge in [-0.3, -0.25) is 4.79 Å². The predicted octanol–water partition coefficient (Wildman–Crippen LogP) is 3.82. The summed E-state index contributed by atoms with van der Waals surface area (Å²) in [6.07, 6.45) is 1.02. The predicted molar refractivity (Wildman–Crippen MR) is 108 cm³/mol. The van der Waals surface area contributed by atoms with Gasteiger partial charge in [-0.2, -0.15) is 0 Å². The number of halogens is 1. The molecule has 0 saturated heterocycles. The third-order valence-corrected chi connectivity index (χ3v) is 3.73. The first-order chi connectivity index (χ1) is 12.2. The number of carbonyl (C=O) groups is 1. The van der Waals surface area contributed by atoms with E-state index in [2.05, 4.69) is 5.32 Å². The Morgan fingerprint density at radius 2 is 1.85 bits per heavy atom. The average molecular weight is 379 g/mol. The zero-order valence-corrected chi connectivity index (χ0v) is 15.9. The van der Waals surface area contributed by atoms with Crippen LogP contribution in [-0.2, 0) is 27.3 Å². The molecule has 0 radical (unpaired) electrons. The first kappa shape index (κ1) is 22.0. The number of hydrogen-bond donors (Lipinski definition) is 2. The van der Waals surface area contributed by atoms with Crippen LogP contribution in [-0.4, -0.2) is 25.7 Å². The van der Waals surface area contributed by atoms with Crippen molar-refractivity contribution in [2.45, 2.75) is 26.4 Å². The maximum atomic E-state index is 12.1. The van der Waals surface area contributed by atoms with E-state index in [0.29, 0.717) is 39.3 Å². The minimum absolute atomic E-state index is 0. The Labute approximate surface area is 161 Å². The van der Waals surface area contributed by atoms with Crippen molar-refractivity contribution in [2.24, 2.45) is 0 Å². The van der Waals surface area contributed by atoms with Crippen LogP contribution in [0.3, 0.4) is 0 Å². The Bertz CT molecular complexity index is 680. The topological polar surface area (TPSA) is 73.6 Å². The van der Waals surface area contributed by atoms with E-state index < -0.39 is 0 Å². The summed E-state index contributed by atoms with van der Waals surface area (Å²) in [6.45, 7) is 4.30. The third-order valence-electron chi connectivity index (χ3n) is 3.73. The number of anilines is 2. The lowest BCUT2D eigenvalue weighted by molar-refractivity contribution is -0.116. The summed E-state index contributed by atoms with van der Waals surface area (Å²) in [4.78, 5) is 12.1. The third kappa shape index (κ3) is 7.87. The number of nitrogens with two attached hydrogens (primary N) is 1. The van der Waals surface area contributed by atoms with Crippen molar-refractivity contribution >= 4 is 29.7 Å². The normalized spacial score (nSPS) is 10.2. The molecule has 0 unspecified atom stereocenters. The molecule has 1 amide bonds. The van der Waals surface area contributed by atoms with Crippen molar-refractivity contribution in [3.63, 3.8) is 0 Å². The summed E-state index contributed by atoms with van der Waals surface area (Å²) in [5.74, 6) is -0.0299. The van der Waals surface area contributed by atoms with Crippen LogP contribution in [0, 0.1) is 0 Å². The molecule has 0 aromatic heterocycles. The molecule has 0 heterocycles. The van der Waals surface area contributed by atoms with Crippen molar-refractivity contribution in [3.8, 4) is 0 Å². The molecule has 0 aliphatic heterocycles. The van der Waals surface area contributed by atoms with Crippen LogP contribution in [0.5, 0.6) is 0 Å². The van der Waals surface area contributed by atoms with Gasteiger partial charge in [-0.25, -0.2) is 0 Å². The Balaban J connectivity index is 0.00000338. The molecular weight excluding hydrogens is 352 g/mol. The van der Waals surface area contributed by atoms with Gasteiger partial charge in [-0.05, 0) is 42.7 Å². The fourth-order valence-corrected chi connectivity index (χ4v) is 2.42. The number of ether oxygens (including phenoxy) is 2. The lowest BCUT2D eigenvalue weighted by atomic mass is 10.1. The molecule has 0 spiro atoms. The average Bonchev–Trinajstić information content (AvgIpc) is 2.61. The Morgan fingerprint density at radius 1 is 1.08 bits per heavy atom. The largest absolute Gasteiger partial charge is 0.399 e. The zero-order valence-electron chi connectivity index (χ0n) is 15.1. The highest BCUT2D eigenvalue weighted by Gasteiger charge is 2.06. The minimum atomic E-state index is -0.0299. The maximum absolute atomic E-state index is 12.1. The van der Waals surface area contributed by atoms with Crippen LogP contribution in [0.1, 0.15) is 24.5 Å². The highest BCUT2D eigenvalue weighted by Crippen LogP contribution is 2.15. The number of nitrogens with one attached hydrogen (secondary N) is 1. The molecule has 0 bridgehead atoms. The van der Waals surface area contributed by atoms with E-state index in [1.165, 1.54) is 0 Å². The second kappa shape index (κ2) is 12.3. The van der Waals surface area contributed by atoms with E-state index >= 15 is 0 Å². The van der Waals surface area contributed by atoms with Crippen molar-refractivity contribution in [3.05, 3.63) is 59.7 Å². The zero-order chi connectivity index (χ0) is 17.9. The molecule has 0 aliphatic carbocycles. The molecule has 0 fully saturated rings. The molecule has 26 heavy (non-hydrogen) atoms. The molecule has 2 aromatic carbocycles. The van der Waals surface area contributed by atoms with Crippen LogP contribution in [0.4, 0.5) is 11.4 Å². The van der Waals surface area contributed by atoms with Crippen LogP contribution in [0.15, 0.2) is 48.5 Å². The Morgan fingerprint density at radius 3 is 2.62 bits per heavy atom. The van der Waals surface area contributed by atoms with Crippen LogP contribution in [0.25, 0.3) is 0 Å². The van der Waals surface area contributed by atoms with Gasteiger partial charge in [-0.15, -0.1) is 12.4 Å². The summed E-state index contributed by atoms with van der Waals surface area (Å²) in [6, 6.07) is 15.3. The highest BCUT2D eigenvalue weighted by atomic mass is 35.5. The highest BCUT2D eigenvalue weighted by molar-refractivity contribution is 5.91. The number of amides is 1. The minimum Gasteiger partial charge on any atom is -0.399 e. The first-order valence-corrected chi connectivity index (χ1v) is 8.56. The van der Waals surface area contributed by atoms with E-state index in [1.54, 1.807) is 0 Å². The van der Waals surface area contributed by atoms with Crippen LogP contribution < -0.4 is 11.1 Å². The molecule has 0 atom stereocenters. The van der Waals surface area contributed by atoms with Crippen molar-refractivity contribution in [1.29, 1.82) is 0 Å². The fraction of sp³-hybridized carbons (Fsp3) is 0.350. The maximum Gasteiger partial charge on any atom is 0.224 e. The van der Waals surface area contributed by atoms with Crippen molar-refractivity contribution in [1.82, 2.24) is 0 Å². The summed E-state index contributed by atoms with van der Waals surface area (Å²) >= 11 is 0. The molecular formula is C20H27ClN2O3. The van der Waals surface area contributed by atoms with Gasteiger partial charge in [0.15, 0.2) is 0 Å². The molecule has 5 nitrogen and oxygen atoms in total. The summed E-state index contributed by atoms with van der Waals surface area (Å²) in [7, 11) is 0. The van der Waals surface area contributed by atoms with Gasteiger partial charge in [0.25, 0.3) is 0 Å². The molecule has 2 aromatic rings. The molecule has 142 valence electrons. The van der Waals surface area contributed by atoms with Gasteiger partial charge in [0.05, 0.1) is 19.8 Å². The number of aryl methyl sites for hydroxylation is 1. The molecule has 6 heteroatoms. The standard InChI is InChI=1S/C20H26N2O3.ClH/c1-2-24-12-13-25-15-16-6-5-8-18(14-16)22-20(23)11-10-17-7-3-4-9-19(17)21;/h3-9,14H,2,10-13,15,21H2,1H3,(H,22,23);1H. The summed E-state index contributed by atoms with van der Waals surface area (Å²) < 4.78 is 10.8. The Kier molecular flexibility index (Phi) is 10.4. The SMILES string of the molecule is CCOCCOCc1cccc(NC(=O)CCc2ccccc2N)c1.Cl. The number of benzene rings is 2. The lowest BCUT2D eigenvalue weighted by Crippen LogP contribution is -2.13. The fourth-order valence-electron chi connectivity index (χ4n) is 2.42. The first-order valence-electron chi connectivity index (χ1n) is 8.56. The van der Waals surface area contributed by atoms with Gasteiger partial charge in [0.1, 0.15) is 0 Å². The monoisotopic (exact) mass is 378 g/mol. The van der Waals surface area contributed by atoms with Crippen molar-refractivity contribution < 1.29 is 14.3 Å². The second-order valence-corrected chi connectivity index (χ2v) is 5.70. The van der Waals surface area contributed by atoms with E-state index in [9.17, 15) is 4.79 Å². The smallest absolute Gasteiger partial charge is 0.224 e. The lowest BCUT2D eigenvalue weighted by Gasteiger charge is -2.09. The molecule has 3 N–H and O–H groups in total. The van der Waals surface area contributed by atoms with Crippen molar-refractivity contribution in [2.75, 3.05) is 30.9 Å². The molecule has 2 rings (SSSR count). The Hall–Kier alpha value is -2.08. The number of carbonyl (C=O) groups excluding carboxylic acids is 1. The summed E-state index contributed by atoms with van der Waals surface area (Å²) in [5.41, 5.74) is 9.41. The van der Waals surface area contributed by atoms with E-state index in [1.807, 2.05) is 55.5 Å². The number of nitrogen functional groups attached to an aromatic ring is 1. The van der Waals surface area contributed by atoms with Gasteiger partial charge in [-0.1, -0.05) is 30.3 Å². The van der Waals surface area contributed by atoms with Gasteiger partial charge in [0.2, 0.25) is 5.91 Å². The van der Waals surface area contributed by atoms with Gasteiger partial charge >= 0.3 is 0 Å². The summed E-state index contributed by atoms with van der Waals surface area (Å²) in [5, 5.41) is 2.92. The van der Waals surface area contributed by atoms with Gasteiger partial charge in [0, 0.05) is 24.4 Å². The molecule has 0 saturated carbocycles. The quantitative estimate of drug-likeness (QED) is 0.487. The number of para-hydroxylation sites is 1. The van der Waals surface area contributed by atoms with Gasteiger partial charge < -0.3 is 20.5 Å².